The third kappa shape index (κ3) is 2.44. The van der Waals surface area contributed by atoms with Crippen LogP contribution >= 0.6 is 0 Å². The molecule has 0 spiro atoms. The van der Waals surface area contributed by atoms with E-state index in [1.165, 1.54) is 0 Å². The molecule has 1 heterocycles. The molecule has 24 heavy (non-hydrogen) atoms. The monoisotopic (exact) mass is 336 g/mol. The molecule has 3 fully saturated rings. The lowest BCUT2D eigenvalue weighted by Gasteiger charge is -2.58. The molecule has 7 atom stereocenters. The van der Waals surface area contributed by atoms with Crippen LogP contribution < -0.4 is 0 Å². The molecule has 0 bridgehead atoms. The van der Waals surface area contributed by atoms with Crippen molar-refractivity contribution >= 4 is 11.8 Å². The van der Waals surface area contributed by atoms with Gasteiger partial charge < -0.3 is 9.84 Å². The smallest absolute Gasteiger partial charge is 0.303 e. The fraction of sp³-hybridized carbons (Fsp3) is 0.900. The molecule has 0 aromatic rings. The van der Waals surface area contributed by atoms with Gasteiger partial charge in [-0.25, -0.2) is 0 Å². The van der Waals surface area contributed by atoms with Crippen LogP contribution in [0.3, 0.4) is 0 Å². The lowest BCUT2D eigenvalue weighted by Crippen LogP contribution is -2.58. The molecule has 0 aromatic heterocycles. The van der Waals surface area contributed by atoms with Crippen LogP contribution in [0.4, 0.5) is 0 Å². The first-order valence-corrected chi connectivity index (χ1v) is 9.47. The highest BCUT2D eigenvalue weighted by atomic mass is 16.6. The van der Waals surface area contributed by atoms with Crippen molar-refractivity contribution < 1.29 is 19.4 Å². The number of ether oxygens (including phenoxy) is 1. The molecule has 1 aliphatic heterocycles. The lowest BCUT2D eigenvalue weighted by atomic mass is 9.44. The third-order valence-corrected chi connectivity index (χ3v) is 8.12. The summed E-state index contributed by atoms with van der Waals surface area (Å²) in [5.41, 5.74) is -0.140. The Bertz CT molecular complexity index is 558. The van der Waals surface area contributed by atoms with Crippen LogP contribution in [-0.2, 0) is 14.3 Å². The van der Waals surface area contributed by atoms with Crippen molar-refractivity contribution in [3.8, 4) is 0 Å². The number of fused-ring (bicyclic) bond motifs is 3. The second-order valence-electron chi connectivity index (χ2n) is 9.43. The van der Waals surface area contributed by atoms with E-state index in [0.717, 1.165) is 25.7 Å². The lowest BCUT2D eigenvalue weighted by molar-refractivity contribution is -0.139. The van der Waals surface area contributed by atoms with E-state index in [-0.39, 0.29) is 40.7 Å². The van der Waals surface area contributed by atoms with Gasteiger partial charge in [0.05, 0.1) is 0 Å². The zero-order chi connectivity index (χ0) is 17.9. The minimum Gasteiger partial charge on any atom is -0.481 e. The number of carbonyl (C=O) groups is 2. The van der Waals surface area contributed by atoms with Crippen molar-refractivity contribution in [2.75, 3.05) is 0 Å². The van der Waals surface area contributed by atoms with Crippen LogP contribution in [0.15, 0.2) is 0 Å². The molecule has 0 aromatic carbocycles. The Hall–Kier alpha value is -0.900. The molecule has 1 saturated heterocycles. The number of aliphatic carboxylic acids is 1. The van der Waals surface area contributed by atoms with Crippen molar-refractivity contribution in [3.63, 3.8) is 0 Å². The zero-order valence-corrected chi connectivity index (χ0v) is 15.7. The van der Waals surface area contributed by atoms with E-state index in [9.17, 15) is 9.59 Å². The normalized spacial score (nSPS) is 48.4. The molecule has 1 N–H and O–H groups in total. The SMILES string of the molecule is CC(CCC1(C)C(C)CCC2(C)C1CC(=O)C1OC12C)CC(=O)O. The summed E-state index contributed by atoms with van der Waals surface area (Å²) >= 11 is 0. The Morgan fingerprint density at radius 3 is 2.67 bits per heavy atom. The highest BCUT2D eigenvalue weighted by Crippen LogP contribution is 2.69. The second-order valence-corrected chi connectivity index (χ2v) is 9.43. The number of epoxide rings is 1. The molecule has 0 amide bonds. The van der Waals surface area contributed by atoms with Gasteiger partial charge in [0.25, 0.3) is 0 Å². The van der Waals surface area contributed by atoms with Gasteiger partial charge in [0.2, 0.25) is 0 Å². The van der Waals surface area contributed by atoms with Crippen LogP contribution in [0.25, 0.3) is 0 Å². The van der Waals surface area contributed by atoms with Gasteiger partial charge in [-0.05, 0) is 55.8 Å². The maximum atomic E-state index is 12.5. The molecule has 7 unspecified atom stereocenters. The summed E-state index contributed by atoms with van der Waals surface area (Å²) in [7, 11) is 0. The summed E-state index contributed by atoms with van der Waals surface area (Å²) in [6.07, 6.45) is 4.88. The van der Waals surface area contributed by atoms with Gasteiger partial charge in [-0.1, -0.05) is 27.7 Å². The van der Waals surface area contributed by atoms with Gasteiger partial charge in [-0.3, -0.25) is 9.59 Å². The van der Waals surface area contributed by atoms with Crippen LogP contribution in [0.5, 0.6) is 0 Å². The summed E-state index contributed by atoms with van der Waals surface area (Å²) in [6.45, 7) is 11.1. The Morgan fingerprint density at radius 2 is 2.04 bits per heavy atom. The van der Waals surface area contributed by atoms with Crippen LogP contribution in [0.1, 0.15) is 73.1 Å². The first kappa shape index (κ1) is 17.9. The van der Waals surface area contributed by atoms with Gasteiger partial charge in [-0.2, -0.15) is 0 Å². The number of rotatable bonds is 5. The summed E-state index contributed by atoms with van der Waals surface area (Å²) in [6, 6.07) is 0. The van der Waals surface area contributed by atoms with E-state index in [1.54, 1.807) is 0 Å². The number of carbonyl (C=O) groups excluding carboxylic acids is 1. The van der Waals surface area contributed by atoms with Gasteiger partial charge in [0.1, 0.15) is 11.7 Å². The Labute approximate surface area is 145 Å². The first-order valence-electron chi connectivity index (χ1n) is 9.47. The fourth-order valence-electron chi connectivity index (χ4n) is 5.85. The van der Waals surface area contributed by atoms with Crippen molar-refractivity contribution in [1.82, 2.24) is 0 Å². The van der Waals surface area contributed by atoms with Crippen LogP contribution in [0.2, 0.25) is 0 Å². The minimum atomic E-state index is -0.719. The first-order chi connectivity index (χ1) is 11.0. The van der Waals surface area contributed by atoms with E-state index in [2.05, 4.69) is 27.7 Å². The molecule has 4 nitrogen and oxygen atoms in total. The largest absolute Gasteiger partial charge is 0.481 e. The number of Topliss-reactive ketones (excluding diaryl/α,β-unsaturated/α-hetero) is 1. The number of hydrogen-bond donors (Lipinski definition) is 1. The average molecular weight is 336 g/mol. The molecular formula is C20H32O4. The predicted molar refractivity (Wildman–Crippen MR) is 91.7 cm³/mol. The summed E-state index contributed by atoms with van der Waals surface area (Å²) in [5, 5.41) is 9.01. The van der Waals surface area contributed by atoms with E-state index in [4.69, 9.17) is 9.84 Å². The average Bonchev–Trinajstić information content (AvgIpc) is 3.19. The fourth-order valence-corrected chi connectivity index (χ4v) is 5.85. The Kier molecular flexibility index (Phi) is 4.14. The van der Waals surface area contributed by atoms with Gasteiger partial charge >= 0.3 is 5.97 Å². The number of carboxylic acid groups (broad SMARTS) is 1. The van der Waals surface area contributed by atoms with Crippen molar-refractivity contribution in [1.29, 1.82) is 0 Å². The molecule has 2 saturated carbocycles. The maximum absolute atomic E-state index is 12.5. The number of carboxylic acids is 1. The van der Waals surface area contributed by atoms with E-state index in [1.807, 2.05) is 6.92 Å². The molecule has 0 radical (unpaired) electrons. The van der Waals surface area contributed by atoms with Gasteiger partial charge in [0.15, 0.2) is 5.78 Å². The molecule has 2 aliphatic carbocycles. The standard InChI is InChI=1S/C20H32O4/c1-12(10-16(22)23)6-8-18(3)13(2)7-9-19(4)15(18)11-14(21)17-20(19,5)24-17/h12-13,15,17H,6-11H2,1-5H3,(H,22,23). The zero-order valence-electron chi connectivity index (χ0n) is 15.7. The third-order valence-electron chi connectivity index (χ3n) is 8.12. The van der Waals surface area contributed by atoms with Gasteiger partial charge in [0, 0.05) is 18.3 Å². The highest BCUT2D eigenvalue weighted by molar-refractivity contribution is 5.89. The van der Waals surface area contributed by atoms with E-state index < -0.39 is 5.97 Å². The highest BCUT2D eigenvalue weighted by Gasteiger charge is 2.74. The second kappa shape index (κ2) is 5.55. The summed E-state index contributed by atoms with van der Waals surface area (Å²) < 4.78 is 5.93. The molecule has 3 rings (SSSR count). The summed E-state index contributed by atoms with van der Waals surface area (Å²) in [5.74, 6) is 0.628. The predicted octanol–water partition coefficient (Wildman–Crippen LogP) is 4.07. The Morgan fingerprint density at radius 1 is 1.38 bits per heavy atom. The van der Waals surface area contributed by atoms with Crippen molar-refractivity contribution in [3.05, 3.63) is 0 Å². The van der Waals surface area contributed by atoms with Crippen LogP contribution in [0, 0.1) is 28.6 Å². The minimum absolute atomic E-state index is 0.0584. The maximum Gasteiger partial charge on any atom is 0.303 e. The molecule has 136 valence electrons. The van der Waals surface area contributed by atoms with Crippen molar-refractivity contribution in [2.45, 2.75) is 84.8 Å². The Balaban J connectivity index is 1.82. The quantitative estimate of drug-likeness (QED) is 0.769. The molecule has 3 aliphatic rings. The van der Waals surface area contributed by atoms with Crippen molar-refractivity contribution in [2.24, 2.45) is 28.6 Å². The van der Waals surface area contributed by atoms with Crippen LogP contribution in [-0.4, -0.2) is 28.6 Å². The van der Waals surface area contributed by atoms with Gasteiger partial charge in [-0.15, -0.1) is 0 Å². The number of hydrogen-bond acceptors (Lipinski definition) is 3. The number of ketones is 1. The molecular weight excluding hydrogens is 304 g/mol. The summed E-state index contributed by atoms with van der Waals surface area (Å²) in [4.78, 5) is 23.5. The van der Waals surface area contributed by atoms with E-state index >= 15 is 0 Å². The van der Waals surface area contributed by atoms with E-state index in [0.29, 0.717) is 18.3 Å². The topological polar surface area (TPSA) is 66.9 Å². The molecule has 4 heteroatoms.